The van der Waals surface area contributed by atoms with Crippen molar-refractivity contribution in [2.45, 2.75) is 27.2 Å². The Balaban J connectivity index is 2.36. The molecule has 0 heterocycles. The van der Waals surface area contributed by atoms with E-state index >= 15 is 0 Å². The van der Waals surface area contributed by atoms with Crippen LogP contribution in [-0.4, -0.2) is 43.8 Å². The quantitative estimate of drug-likeness (QED) is 0.758. The number of benzene rings is 1. The van der Waals surface area contributed by atoms with Crippen LogP contribution in [0, 0.1) is 0 Å². The zero-order valence-electron chi connectivity index (χ0n) is 13.2. The maximum Gasteiger partial charge on any atom is 0.411 e. The predicted molar refractivity (Wildman–Crippen MR) is 85.0 cm³/mol. The van der Waals surface area contributed by atoms with Crippen LogP contribution in [0.2, 0.25) is 0 Å². The minimum absolute atomic E-state index is 0.388. The summed E-state index contributed by atoms with van der Waals surface area (Å²) in [6, 6.07) is 7.31. The lowest BCUT2D eigenvalue weighted by molar-refractivity contribution is 0.142. The van der Waals surface area contributed by atoms with E-state index in [0.29, 0.717) is 18.9 Å². The summed E-state index contributed by atoms with van der Waals surface area (Å²) in [5, 5.41) is 2.71. The molecule has 5 nitrogen and oxygen atoms in total. The van der Waals surface area contributed by atoms with E-state index < -0.39 is 6.09 Å². The topological polar surface area (TPSA) is 50.8 Å². The lowest BCUT2D eigenvalue weighted by Crippen LogP contribution is -2.28. The first-order chi connectivity index (χ1) is 10.2. The number of nitrogens with zero attached hydrogens (tertiary/aromatic N) is 1. The van der Waals surface area contributed by atoms with Gasteiger partial charge in [0.2, 0.25) is 0 Å². The van der Waals surface area contributed by atoms with Gasteiger partial charge < -0.3 is 14.4 Å². The summed E-state index contributed by atoms with van der Waals surface area (Å²) in [7, 11) is 0. The molecule has 0 unspecified atom stereocenters. The van der Waals surface area contributed by atoms with E-state index in [0.717, 1.165) is 31.8 Å². The molecule has 0 atom stereocenters. The molecule has 0 saturated carbocycles. The monoisotopic (exact) mass is 294 g/mol. The van der Waals surface area contributed by atoms with Crippen molar-refractivity contribution in [2.24, 2.45) is 0 Å². The molecule has 1 aromatic rings. The SMILES string of the molecule is CCCOc1cccc(NC(=O)OCCN(CC)CC)c1. The van der Waals surface area contributed by atoms with Gasteiger partial charge in [-0.3, -0.25) is 5.32 Å². The first kappa shape index (κ1) is 17.3. The average Bonchev–Trinajstić information content (AvgIpc) is 2.50. The number of hydrogen-bond acceptors (Lipinski definition) is 4. The van der Waals surface area contributed by atoms with Crippen molar-refractivity contribution in [3.05, 3.63) is 24.3 Å². The fourth-order valence-corrected chi connectivity index (χ4v) is 1.84. The highest BCUT2D eigenvalue weighted by atomic mass is 16.5. The van der Waals surface area contributed by atoms with Crippen LogP contribution in [0.4, 0.5) is 10.5 Å². The fourth-order valence-electron chi connectivity index (χ4n) is 1.84. The van der Waals surface area contributed by atoms with E-state index in [-0.39, 0.29) is 0 Å². The number of nitrogens with one attached hydrogen (secondary N) is 1. The first-order valence-electron chi connectivity index (χ1n) is 7.58. The summed E-state index contributed by atoms with van der Waals surface area (Å²) < 4.78 is 10.7. The largest absolute Gasteiger partial charge is 0.494 e. The van der Waals surface area contributed by atoms with Crippen LogP contribution in [0.3, 0.4) is 0 Å². The number of rotatable bonds is 9. The molecule has 0 saturated heterocycles. The molecule has 1 amide bonds. The summed E-state index contributed by atoms with van der Waals surface area (Å²) >= 11 is 0. The molecule has 118 valence electrons. The number of anilines is 1. The van der Waals surface area contributed by atoms with Crippen molar-refractivity contribution in [1.82, 2.24) is 4.90 Å². The highest BCUT2D eigenvalue weighted by molar-refractivity contribution is 5.84. The normalized spacial score (nSPS) is 10.5. The summed E-state index contributed by atoms with van der Waals surface area (Å²) in [4.78, 5) is 13.9. The lowest BCUT2D eigenvalue weighted by Gasteiger charge is -2.17. The molecule has 0 aliphatic carbocycles. The third-order valence-corrected chi connectivity index (χ3v) is 3.09. The summed E-state index contributed by atoms with van der Waals surface area (Å²) in [5.74, 6) is 0.748. The Bertz CT molecular complexity index is 420. The van der Waals surface area contributed by atoms with E-state index in [1.54, 1.807) is 6.07 Å². The molecule has 0 radical (unpaired) electrons. The zero-order chi connectivity index (χ0) is 15.5. The number of amides is 1. The van der Waals surface area contributed by atoms with Crippen LogP contribution in [0.5, 0.6) is 5.75 Å². The average molecular weight is 294 g/mol. The predicted octanol–water partition coefficient (Wildman–Crippen LogP) is 3.37. The van der Waals surface area contributed by atoms with E-state index in [1.807, 2.05) is 18.2 Å². The van der Waals surface area contributed by atoms with Crippen molar-refractivity contribution < 1.29 is 14.3 Å². The van der Waals surface area contributed by atoms with Gasteiger partial charge in [0.1, 0.15) is 12.4 Å². The van der Waals surface area contributed by atoms with Gasteiger partial charge in [-0.05, 0) is 31.6 Å². The highest BCUT2D eigenvalue weighted by Crippen LogP contribution is 2.17. The van der Waals surface area contributed by atoms with Crippen LogP contribution in [0.1, 0.15) is 27.2 Å². The first-order valence-corrected chi connectivity index (χ1v) is 7.58. The van der Waals surface area contributed by atoms with Crippen LogP contribution >= 0.6 is 0 Å². The molecule has 1 N–H and O–H groups in total. The van der Waals surface area contributed by atoms with Gasteiger partial charge in [0.25, 0.3) is 0 Å². The standard InChI is InChI=1S/C16H26N2O3/c1-4-11-20-15-9-7-8-14(13-15)17-16(19)21-12-10-18(5-2)6-3/h7-9,13H,4-6,10-12H2,1-3H3,(H,17,19). The summed E-state index contributed by atoms with van der Waals surface area (Å²) in [6.07, 6.45) is 0.514. The molecule has 0 fully saturated rings. The maximum atomic E-state index is 11.7. The Hall–Kier alpha value is -1.75. The lowest BCUT2D eigenvalue weighted by atomic mass is 10.3. The Morgan fingerprint density at radius 3 is 2.62 bits per heavy atom. The van der Waals surface area contributed by atoms with Gasteiger partial charge in [-0.2, -0.15) is 0 Å². The molecular formula is C16H26N2O3. The highest BCUT2D eigenvalue weighted by Gasteiger charge is 2.05. The minimum atomic E-state index is -0.435. The molecule has 21 heavy (non-hydrogen) atoms. The van der Waals surface area contributed by atoms with Gasteiger partial charge in [-0.15, -0.1) is 0 Å². The van der Waals surface area contributed by atoms with Crippen molar-refractivity contribution in [3.8, 4) is 5.75 Å². The number of hydrogen-bond donors (Lipinski definition) is 1. The van der Waals surface area contributed by atoms with Gasteiger partial charge in [0, 0.05) is 18.3 Å². The van der Waals surface area contributed by atoms with Gasteiger partial charge >= 0.3 is 6.09 Å². The smallest absolute Gasteiger partial charge is 0.411 e. The third kappa shape index (κ3) is 6.99. The molecule has 0 spiro atoms. The third-order valence-electron chi connectivity index (χ3n) is 3.09. The van der Waals surface area contributed by atoms with E-state index in [2.05, 4.69) is 31.0 Å². The Morgan fingerprint density at radius 2 is 1.95 bits per heavy atom. The molecule has 0 aliphatic rings. The minimum Gasteiger partial charge on any atom is -0.494 e. The second-order valence-corrected chi connectivity index (χ2v) is 4.66. The number of ether oxygens (including phenoxy) is 2. The zero-order valence-corrected chi connectivity index (χ0v) is 13.2. The molecule has 0 bridgehead atoms. The molecule has 1 aromatic carbocycles. The van der Waals surface area contributed by atoms with Crippen molar-refractivity contribution >= 4 is 11.8 Å². The molecule has 0 aromatic heterocycles. The molecule has 5 heteroatoms. The fraction of sp³-hybridized carbons (Fsp3) is 0.562. The summed E-state index contributed by atoms with van der Waals surface area (Å²) in [5.41, 5.74) is 0.677. The van der Waals surface area contributed by atoms with E-state index in [4.69, 9.17) is 9.47 Å². The Labute approximate surface area is 127 Å². The number of carbonyl (C=O) groups excluding carboxylic acids is 1. The van der Waals surface area contributed by atoms with Crippen LogP contribution in [-0.2, 0) is 4.74 Å². The van der Waals surface area contributed by atoms with Gasteiger partial charge in [0.15, 0.2) is 0 Å². The van der Waals surface area contributed by atoms with E-state index in [9.17, 15) is 4.79 Å². The second-order valence-electron chi connectivity index (χ2n) is 4.66. The summed E-state index contributed by atoms with van der Waals surface area (Å²) in [6.45, 7) is 9.94. The Kier molecular flexibility index (Phi) is 8.28. The molecule has 1 rings (SSSR count). The van der Waals surface area contributed by atoms with Crippen LogP contribution in [0.25, 0.3) is 0 Å². The van der Waals surface area contributed by atoms with Crippen LogP contribution < -0.4 is 10.1 Å². The van der Waals surface area contributed by atoms with Crippen molar-refractivity contribution in [2.75, 3.05) is 38.2 Å². The van der Waals surface area contributed by atoms with Crippen molar-refractivity contribution in [1.29, 1.82) is 0 Å². The maximum absolute atomic E-state index is 11.7. The van der Waals surface area contributed by atoms with Gasteiger partial charge in [0.05, 0.1) is 6.61 Å². The van der Waals surface area contributed by atoms with Crippen molar-refractivity contribution in [3.63, 3.8) is 0 Å². The second kappa shape index (κ2) is 10.0. The number of carbonyl (C=O) groups is 1. The van der Waals surface area contributed by atoms with Gasteiger partial charge in [-0.25, -0.2) is 4.79 Å². The van der Waals surface area contributed by atoms with Gasteiger partial charge in [-0.1, -0.05) is 26.8 Å². The molecular weight excluding hydrogens is 268 g/mol. The Morgan fingerprint density at radius 1 is 1.19 bits per heavy atom. The van der Waals surface area contributed by atoms with E-state index in [1.165, 1.54) is 0 Å². The molecule has 0 aliphatic heterocycles. The number of likely N-dealkylation sites (N-methyl/N-ethyl adjacent to an activating group) is 1. The van der Waals surface area contributed by atoms with Crippen LogP contribution in [0.15, 0.2) is 24.3 Å².